The number of aromatic nitrogens is 2. The molecule has 84 valence electrons. The number of carbonyl (C=O) groups excluding carboxylic acids is 1. The molecule has 1 aromatic heterocycles. The van der Waals surface area contributed by atoms with Crippen LogP contribution in [0.5, 0.6) is 0 Å². The van der Waals surface area contributed by atoms with Crippen molar-refractivity contribution in [2.24, 2.45) is 5.92 Å². The zero-order valence-electron chi connectivity index (χ0n) is 9.22. The Morgan fingerprint density at radius 2 is 2.07 bits per heavy atom. The number of ether oxygens (including phenoxy) is 1. The van der Waals surface area contributed by atoms with Gasteiger partial charge >= 0.3 is 5.97 Å². The first-order valence-electron chi connectivity index (χ1n) is 5.02. The molecule has 0 aliphatic carbocycles. The smallest absolute Gasteiger partial charge is 0.345 e. The van der Waals surface area contributed by atoms with E-state index in [1.807, 2.05) is 13.8 Å². The van der Waals surface area contributed by atoms with Crippen molar-refractivity contribution in [3.63, 3.8) is 0 Å². The highest BCUT2D eigenvalue weighted by Gasteiger charge is 2.19. The summed E-state index contributed by atoms with van der Waals surface area (Å²) in [5.41, 5.74) is 0.308. The number of aromatic amines is 2. The zero-order valence-corrected chi connectivity index (χ0v) is 9.22. The van der Waals surface area contributed by atoms with Crippen molar-refractivity contribution in [3.8, 4) is 0 Å². The molecular formula is C10H16N2O3. The van der Waals surface area contributed by atoms with Crippen molar-refractivity contribution in [2.75, 3.05) is 6.61 Å². The second kappa shape index (κ2) is 4.82. The van der Waals surface area contributed by atoms with Crippen LogP contribution in [0.3, 0.4) is 0 Å². The van der Waals surface area contributed by atoms with Gasteiger partial charge in [-0.2, -0.15) is 0 Å². The van der Waals surface area contributed by atoms with Crippen molar-refractivity contribution in [3.05, 3.63) is 21.6 Å². The molecule has 15 heavy (non-hydrogen) atoms. The molecular weight excluding hydrogens is 196 g/mol. The maximum absolute atomic E-state index is 11.5. The average Bonchev–Trinajstić information content (AvgIpc) is 2.46. The lowest BCUT2D eigenvalue weighted by Crippen LogP contribution is -2.17. The molecule has 1 aromatic rings. The van der Waals surface area contributed by atoms with Crippen molar-refractivity contribution < 1.29 is 9.53 Å². The van der Waals surface area contributed by atoms with Crippen LogP contribution >= 0.6 is 0 Å². The molecule has 2 N–H and O–H groups in total. The van der Waals surface area contributed by atoms with Gasteiger partial charge in [0.1, 0.15) is 5.56 Å². The Hall–Kier alpha value is -1.52. The highest BCUT2D eigenvalue weighted by atomic mass is 16.5. The van der Waals surface area contributed by atoms with Crippen molar-refractivity contribution in [1.29, 1.82) is 0 Å². The van der Waals surface area contributed by atoms with E-state index in [-0.39, 0.29) is 12.2 Å². The van der Waals surface area contributed by atoms with E-state index in [0.29, 0.717) is 18.0 Å². The van der Waals surface area contributed by atoms with Gasteiger partial charge in [-0.05, 0) is 19.3 Å². The van der Waals surface area contributed by atoms with Crippen LogP contribution in [-0.4, -0.2) is 22.8 Å². The molecule has 0 aliphatic heterocycles. The summed E-state index contributed by atoms with van der Waals surface area (Å²) in [4.78, 5) is 22.8. The van der Waals surface area contributed by atoms with E-state index in [2.05, 4.69) is 10.2 Å². The molecule has 0 atom stereocenters. The SMILES string of the molecule is CCOC(=O)c1c(CC(C)C)[nH][nH]c1=O. The first kappa shape index (κ1) is 11.6. The summed E-state index contributed by atoms with van der Waals surface area (Å²) >= 11 is 0. The summed E-state index contributed by atoms with van der Waals surface area (Å²) in [5, 5.41) is 5.11. The Balaban J connectivity index is 2.99. The second-order valence-corrected chi connectivity index (χ2v) is 3.75. The van der Waals surface area contributed by atoms with Gasteiger partial charge in [-0.15, -0.1) is 0 Å². The van der Waals surface area contributed by atoms with E-state index in [1.54, 1.807) is 6.92 Å². The highest BCUT2D eigenvalue weighted by molar-refractivity contribution is 5.90. The van der Waals surface area contributed by atoms with E-state index in [1.165, 1.54) is 0 Å². The van der Waals surface area contributed by atoms with Crippen LogP contribution < -0.4 is 5.56 Å². The van der Waals surface area contributed by atoms with Crippen LogP contribution in [0.4, 0.5) is 0 Å². The maximum atomic E-state index is 11.5. The summed E-state index contributed by atoms with van der Waals surface area (Å²) in [6.45, 7) is 6.01. The van der Waals surface area contributed by atoms with E-state index >= 15 is 0 Å². The monoisotopic (exact) mass is 212 g/mol. The Kier molecular flexibility index (Phi) is 3.71. The van der Waals surface area contributed by atoms with E-state index in [0.717, 1.165) is 0 Å². The molecule has 0 saturated heterocycles. The summed E-state index contributed by atoms with van der Waals surface area (Å²) in [5.74, 6) is -0.194. The third-order valence-corrected chi connectivity index (χ3v) is 1.95. The molecule has 5 nitrogen and oxygen atoms in total. The molecule has 0 saturated carbocycles. The van der Waals surface area contributed by atoms with E-state index < -0.39 is 11.5 Å². The van der Waals surface area contributed by atoms with Gasteiger partial charge in [0.25, 0.3) is 5.56 Å². The van der Waals surface area contributed by atoms with Crippen LogP contribution in [0.25, 0.3) is 0 Å². The third-order valence-electron chi connectivity index (χ3n) is 1.95. The van der Waals surface area contributed by atoms with Gasteiger partial charge in [0, 0.05) is 0 Å². The molecule has 5 heteroatoms. The molecule has 1 rings (SSSR count). The topological polar surface area (TPSA) is 75.0 Å². The molecule has 0 unspecified atom stereocenters. The standard InChI is InChI=1S/C10H16N2O3/c1-4-15-10(14)8-7(5-6(2)3)11-12-9(8)13/h6H,4-5H2,1-3H3,(H2,11,12,13). The quantitative estimate of drug-likeness (QED) is 0.733. The molecule has 0 bridgehead atoms. The van der Waals surface area contributed by atoms with Crippen LogP contribution in [0, 0.1) is 5.92 Å². The molecule has 0 aliphatic rings. The molecule has 0 aromatic carbocycles. The minimum atomic E-state index is -0.560. The van der Waals surface area contributed by atoms with E-state index in [9.17, 15) is 9.59 Å². The zero-order chi connectivity index (χ0) is 11.4. The summed E-state index contributed by atoms with van der Waals surface area (Å²) in [7, 11) is 0. The maximum Gasteiger partial charge on any atom is 0.345 e. The lowest BCUT2D eigenvalue weighted by atomic mass is 10.1. The molecule has 1 heterocycles. The number of esters is 1. The van der Waals surface area contributed by atoms with Gasteiger partial charge in [0.15, 0.2) is 0 Å². The number of nitrogens with one attached hydrogen (secondary N) is 2. The summed E-state index contributed by atoms with van der Waals surface area (Å²) in [6.07, 6.45) is 0.646. The fraction of sp³-hybridized carbons (Fsp3) is 0.600. The minimum absolute atomic E-state index is 0.102. The lowest BCUT2D eigenvalue weighted by Gasteiger charge is -2.04. The average molecular weight is 212 g/mol. The van der Waals surface area contributed by atoms with Crippen molar-refractivity contribution in [1.82, 2.24) is 10.2 Å². The van der Waals surface area contributed by atoms with Gasteiger partial charge in [0.05, 0.1) is 12.3 Å². The number of hydrogen-bond acceptors (Lipinski definition) is 3. The van der Waals surface area contributed by atoms with Crippen molar-refractivity contribution >= 4 is 5.97 Å². The number of carbonyl (C=O) groups is 1. The molecule has 0 amide bonds. The van der Waals surface area contributed by atoms with Crippen LogP contribution in [0.1, 0.15) is 36.8 Å². The van der Waals surface area contributed by atoms with Crippen LogP contribution in [-0.2, 0) is 11.2 Å². The second-order valence-electron chi connectivity index (χ2n) is 3.75. The number of H-pyrrole nitrogens is 2. The summed E-state index contributed by atoms with van der Waals surface area (Å²) < 4.78 is 4.81. The minimum Gasteiger partial charge on any atom is -0.462 e. The van der Waals surface area contributed by atoms with Crippen LogP contribution in [0.15, 0.2) is 4.79 Å². The van der Waals surface area contributed by atoms with Gasteiger partial charge in [-0.3, -0.25) is 9.89 Å². The fourth-order valence-corrected chi connectivity index (χ4v) is 1.37. The summed E-state index contributed by atoms with van der Waals surface area (Å²) in [6, 6.07) is 0. The first-order valence-corrected chi connectivity index (χ1v) is 5.02. The third kappa shape index (κ3) is 2.71. The van der Waals surface area contributed by atoms with Gasteiger partial charge in [-0.25, -0.2) is 4.79 Å². The van der Waals surface area contributed by atoms with Crippen LogP contribution in [0.2, 0.25) is 0 Å². The van der Waals surface area contributed by atoms with E-state index in [4.69, 9.17) is 4.74 Å². The largest absolute Gasteiger partial charge is 0.462 e. The molecule has 0 spiro atoms. The first-order chi connectivity index (χ1) is 7.06. The Morgan fingerprint density at radius 1 is 1.40 bits per heavy atom. The van der Waals surface area contributed by atoms with Gasteiger partial charge < -0.3 is 9.84 Å². The number of rotatable bonds is 4. The molecule has 0 fully saturated rings. The Morgan fingerprint density at radius 3 is 2.60 bits per heavy atom. The fourth-order valence-electron chi connectivity index (χ4n) is 1.37. The number of hydrogen-bond donors (Lipinski definition) is 2. The predicted octanol–water partition coefficient (Wildman–Crippen LogP) is 1.08. The highest BCUT2D eigenvalue weighted by Crippen LogP contribution is 2.08. The van der Waals surface area contributed by atoms with Gasteiger partial charge in [-0.1, -0.05) is 13.8 Å². The van der Waals surface area contributed by atoms with Crippen molar-refractivity contribution in [2.45, 2.75) is 27.2 Å². The Labute approximate surface area is 87.8 Å². The predicted molar refractivity (Wildman–Crippen MR) is 55.9 cm³/mol. The normalized spacial score (nSPS) is 10.7. The van der Waals surface area contributed by atoms with Gasteiger partial charge in [0.2, 0.25) is 0 Å². The lowest BCUT2D eigenvalue weighted by molar-refractivity contribution is 0.0523. The molecule has 0 radical (unpaired) electrons. The Bertz CT molecular complexity index is 390.